The van der Waals surface area contributed by atoms with Crippen molar-refractivity contribution in [3.8, 4) is 0 Å². The number of hydrogen-bond donors (Lipinski definition) is 2. The van der Waals surface area contributed by atoms with Crippen LogP contribution in [0, 0.1) is 0 Å². The molecule has 0 radical (unpaired) electrons. The maximum absolute atomic E-state index is 10.4. The Morgan fingerprint density at radius 1 is 1.11 bits per heavy atom. The molecule has 1 aromatic rings. The Bertz CT molecular complexity index is 460. The average molecular weight is 289 g/mol. The number of rotatable bonds is 8. The largest absolute Gasteiger partial charge is 0.399 e. The van der Waals surface area contributed by atoms with E-state index in [2.05, 4.69) is 0 Å². The van der Waals surface area contributed by atoms with Gasteiger partial charge in [-0.05, 0) is 41.7 Å². The molecule has 0 atom stereocenters. The zero-order valence-corrected chi connectivity index (χ0v) is 11.8. The van der Waals surface area contributed by atoms with Crippen LogP contribution in [0.3, 0.4) is 0 Å². The first-order valence-electron chi connectivity index (χ1n) is 5.94. The molecule has 0 aliphatic carbocycles. The Hall–Kier alpha value is -0.720. The lowest BCUT2D eigenvalue weighted by Gasteiger charge is -2.04. The predicted octanol–water partition coefficient (Wildman–Crippen LogP) is 2.91. The van der Waals surface area contributed by atoms with E-state index in [0.29, 0.717) is 16.5 Å². The summed E-state index contributed by atoms with van der Waals surface area (Å²) in [6, 6.07) is 7.83. The molecule has 0 aliphatic heterocycles. The SMILES string of the molecule is Nc1ccccc1CCCCCCSS(=O)(=O)O. The molecule has 102 valence electrons. The minimum Gasteiger partial charge on any atom is -0.399 e. The topological polar surface area (TPSA) is 80.4 Å². The lowest BCUT2D eigenvalue weighted by Crippen LogP contribution is -1.95. The Morgan fingerprint density at radius 3 is 2.44 bits per heavy atom. The van der Waals surface area contributed by atoms with E-state index in [1.54, 1.807) is 0 Å². The van der Waals surface area contributed by atoms with Crippen molar-refractivity contribution in [3.05, 3.63) is 29.8 Å². The summed E-state index contributed by atoms with van der Waals surface area (Å²) in [4.78, 5) is 0. The first-order chi connectivity index (χ1) is 8.49. The first kappa shape index (κ1) is 15.3. The van der Waals surface area contributed by atoms with Gasteiger partial charge in [-0.25, -0.2) is 0 Å². The summed E-state index contributed by atoms with van der Waals surface area (Å²) in [7, 11) is -3.27. The molecular formula is C12H19NO3S2. The highest BCUT2D eigenvalue weighted by Gasteiger charge is 2.04. The molecule has 4 nitrogen and oxygen atoms in total. The number of nitrogens with two attached hydrogens (primary N) is 1. The summed E-state index contributed by atoms with van der Waals surface area (Å²) >= 11 is 0. The van der Waals surface area contributed by atoms with Crippen LogP contribution in [0.4, 0.5) is 5.69 Å². The van der Waals surface area contributed by atoms with E-state index in [9.17, 15) is 8.42 Å². The number of unbranched alkanes of at least 4 members (excludes halogenated alkanes) is 3. The van der Waals surface area contributed by atoms with Crippen molar-refractivity contribution in [2.24, 2.45) is 0 Å². The molecule has 3 N–H and O–H groups in total. The number of nitrogen functional groups attached to an aromatic ring is 1. The van der Waals surface area contributed by atoms with E-state index in [1.807, 2.05) is 24.3 Å². The number of benzene rings is 1. The van der Waals surface area contributed by atoms with Gasteiger partial charge in [0, 0.05) is 11.4 Å². The van der Waals surface area contributed by atoms with E-state index >= 15 is 0 Å². The summed E-state index contributed by atoms with van der Waals surface area (Å²) in [6.45, 7) is 0. The molecule has 0 amide bonds. The molecule has 18 heavy (non-hydrogen) atoms. The summed E-state index contributed by atoms with van der Waals surface area (Å²) in [6.07, 6.45) is 4.81. The van der Waals surface area contributed by atoms with Crippen LogP contribution in [-0.2, 0) is 15.6 Å². The standard InChI is InChI=1S/C12H19NO3S2/c13-12-9-5-4-8-11(12)7-3-1-2-6-10-17-18(14,15)16/h4-5,8-9H,1-3,6-7,10,13H2,(H,14,15,16). The fourth-order valence-electron chi connectivity index (χ4n) is 1.70. The zero-order chi connectivity index (χ0) is 13.4. The third-order valence-electron chi connectivity index (χ3n) is 2.63. The van der Waals surface area contributed by atoms with E-state index in [-0.39, 0.29) is 0 Å². The summed E-state index contributed by atoms with van der Waals surface area (Å²) in [5.41, 5.74) is 7.84. The van der Waals surface area contributed by atoms with Gasteiger partial charge in [0.25, 0.3) is 0 Å². The summed E-state index contributed by atoms with van der Waals surface area (Å²) in [5, 5.41) is 0. The Kier molecular flexibility index (Phi) is 6.52. The fourth-order valence-corrected chi connectivity index (χ4v) is 3.22. The van der Waals surface area contributed by atoms with Crippen molar-refractivity contribution in [2.45, 2.75) is 32.1 Å². The highest BCUT2D eigenvalue weighted by Crippen LogP contribution is 2.16. The Labute approximate surface area is 112 Å². The number of aryl methyl sites for hydroxylation is 1. The zero-order valence-electron chi connectivity index (χ0n) is 10.2. The molecule has 0 spiro atoms. The van der Waals surface area contributed by atoms with Crippen LogP contribution < -0.4 is 5.73 Å². The van der Waals surface area contributed by atoms with Gasteiger partial charge in [-0.1, -0.05) is 31.0 Å². The quantitative estimate of drug-likeness (QED) is 0.333. The van der Waals surface area contributed by atoms with Crippen LogP contribution in [0.5, 0.6) is 0 Å². The first-order valence-corrected chi connectivity index (χ1v) is 8.88. The predicted molar refractivity (Wildman–Crippen MR) is 77.0 cm³/mol. The molecule has 0 aliphatic rings. The Morgan fingerprint density at radius 2 is 1.78 bits per heavy atom. The second kappa shape index (κ2) is 7.66. The van der Waals surface area contributed by atoms with Gasteiger partial charge < -0.3 is 5.73 Å². The van der Waals surface area contributed by atoms with E-state index in [4.69, 9.17) is 10.3 Å². The molecular weight excluding hydrogens is 270 g/mol. The lowest BCUT2D eigenvalue weighted by molar-refractivity contribution is 0.503. The number of hydrogen-bond acceptors (Lipinski definition) is 4. The van der Waals surface area contributed by atoms with Gasteiger partial charge in [-0.2, -0.15) is 8.42 Å². The molecule has 0 bridgehead atoms. The van der Waals surface area contributed by atoms with Gasteiger partial charge >= 0.3 is 9.15 Å². The van der Waals surface area contributed by atoms with Crippen molar-refractivity contribution in [1.82, 2.24) is 0 Å². The molecule has 0 aromatic heterocycles. The van der Waals surface area contributed by atoms with Crippen LogP contribution in [0.25, 0.3) is 0 Å². The third kappa shape index (κ3) is 6.88. The van der Waals surface area contributed by atoms with Crippen LogP contribution in [0.1, 0.15) is 31.2 Å². The average Bonchev–Trinajstić information content (AvgIpc) is 2.28. The minimum atomic E-state index is -3.87. The fraction of sp³-hybridized carbons (Fsp3) is 0.500. The van der Waals surface area contributed by atoms with Crippen LogP contribution in [0.15, 0.2) is 24.3 Å². The van der Waals surface area contributed by atoms with Gasteiger partial charge in [0.05, 0.1) is 0 Å². The summed E-state index contributed by atoms with van der Waals surface area (Å²) in [5.74, 6) is 0.451. The molecule has 0 saturated carbocycles. The van der Waals surface area contributed by atoms with Gasteiger partial charge in [0.1, 0.15) is 0 Å². The monoisotopic (exact) mass is 289 g/mol. The van der Waals surface area contributed by atoms with Crippen molar-refractivity contribution < 1.29 is 13.0 Å². The molecule has 1 rings (SSSR count). The van der Waals surface area contributed by atoms with Crippen molar-refractivity contribution in [1.29, 1.82) is 0 Å². The van der Waals surface area contributed by atoms with Gasteiger partial charge in [-0.3, -0.25) is 4.55 Å². The highest BCUT2D eigenvalue weighted by molar-refractivity contribution is 8.69. The smallest absolute Gasteiger partial charge is 0.319 e. The van der Waals surface area contributed by atoms with Gasteiger partial charge in [0.2, 0.25) is 0 Å². The van der Waals surface area contributed by atoms with Crippen molar-refractivity contribution >= 4 is 25.6 Å². The van der Waals surface area contributed by atoms with Gasteiger partial charge in [0.15, 0.2) is 0 Å². The molecule has 0 unspecified atom stereocenters. The van der Waals surface area contributed by atoms with E-state index < -0.39 is 9.15 Å². The minimum absolute atomic E-state index is 0.451. The van der Waals surface area contributed by atoms with E-state index in [1.165, 1.54) is 5.56 Å². The lowest BCUT2D eigenvalue weighted by atomic mass is 10.0. The van der Waals surface area contributed by atoms with E-state index in [0.717, 1.165) is 37.8 Å². The van der Waals surface area contributed by atoms with Crippen LogP contribution >= 0.6 is 10.8 Å². The third-order valence-corrected chi connectivity index (χ3v) is 4.77. The highest BCUT2D eigenvalue weighted by atomic mass is 33.1. The van der Waals surface area contributed by atoms with Crippen molar-refractivity contribution in [2.75, 3.05) is 11.5 Å². The number of para-hydroxylation sites is 1. The molecule has 1 aromatic carbocycles. The van der Waals surface area contributed by atoms with Crippen LogP contribution in [0.2, 0.25) is 0 Å². The molecule has 0 heterocycles. The Balaban J connectivity index is 2.08. The van der Waals surface area contributed by atoms with Gasteiger partial charge in [-0.15, -0.1) is 0 Å². The molecule has 0 saturated heterocycles. The molecule has 0 fully saturated rings. The second-order valence-electron chi connectivity index (χ2n) is 4.11. The number of anilines is 1. The van der Waals surface area contributed by atoms with Crippen molar-refractivity contribution in [3.63, 3.8) is 0 Å². The second-order valence-corrected chi connectivity index (χ2v) is 7.58. The molecule has 6 heteroatoms. The summed E-state index contributed by atoms with van der Waals surface area (Å²) < 4.78 is 29.4. The maximum Gasteiger partial charge on any atom is 0.319 e. The normalized spacial score (nSPS) is 11.6. The maximum atomic E-state index is 10.4. The van der Waals surface area contributed by atoms with Crippen LogP contribution in [-0.4, -0.2) is 18.7 Å².